The highest BCUT2D eigenvalue weighted by molar-refractivity contribution is 6.30. The number of pyridine rings is 1. The lowest BCUT2D eigenvalue weighted by molar-refractivity contribution is 1.19. The number of aromatic amines is 1. The van der Waals surface area contributed by atoms with E-state index in [1.807, 2.05) is 49.4 Å². The molecular formula is C25H17ClN8. The molecule has 6 rings (SSSR count). The molecule has 0 amide bonds. The highest BCUT2D eigenvalue weighted by Gasteiger charge is 2.19. The van der Waals surface area contributed by atoms with E-state index < -0.39 is 0 Å². The van der Waals surface area contributed by atoms with Gasteiger partial charge in [-0.05, 0) is 55.0 Å². The first kappa shape index (κ1) is 20.2. The van der Waals surface area contributed by atoms with Crippen LogP contribution in [0.1, 0.15) is 5.56 Å². The number of nitrogens with one attached hydrogen (secondary N) is 2. The number of aryl methyl sites for hydroxylation is 1. The second-order valence-electron chi connectivity index (χ2n) is 7.73. The molecule has 2 aromatic carbocycles. The van der Waals surface area contributed by atoms with Crippen LogP contribution < -0.4 is 5.32 Å². The first-order valence-corrected chi connectivity index (χ1v) is 10.9. The van der Waals surface area contributed by atoms with Crippen molar-refractivity contribution in [3.05, 3.63) is 84.3 Å². The highest BCUT2D eigenvalue weighted by Crippen LogP contribution is 2.38. The Balaban J connectivity index is 1.56. The van der Waals surface area contributed by atoms with Crippen LogP contribution in [0.25, 0.3) is 44.6 Å². The fourth-order valence-electron chi connectivity index (χ4n) is 4.06. The lowest BCUT2D eigenvalue weighted by Crippen LogP contribution is -2.00. The van der Waals surface area contributed by atoms with Crippen LogP contribution in [0.3, 0.4) is 0 Å². The van der Waals surface area contributed by atoms with Gasteiger partial charge in [-0.1, -0.05) is 17.7 Å². The molecule has 0 aliphatic heterocycles. The van der Waals surface area contributed by atoms with Gasteiger partial charge in [-0.25, -0.2) is 24.9 Å². The summed E-state index contributed by atoms with van der Waals surface area (Å²) in [5.41, 5.74) is 7.36. The Morgan fingerprint density at radius 1 is 0.824 bits per heavy atom. The summed E-state index contributed by atoms with van der Waals surface area (Å²) in [7, 11) is 0. The van der Waals surface area contributed by atoms with Crippen molar-refractivity contribution < 1.29 is 0 Å². The number of anilines is 2. The summed E-state index contributed by atoms with van der Waals surface area (Å²) in [5, 5.41) is 4.93. The molecule has 0 unspecified atom stereocenters. The van der Waals surface area contributed by atoms with Gasteiger partial charge < -0.3 is 10.3 Å². The Labute approximate surface area is 199 Å². The van der Waals surface area contributed by atoms with Gasteiger partial charge in [0.15, 0.2) is 5.65 Å². The summed E-state index contributed by atoms with van der Waals surface area (Å²) in [4.78, 5) is 30.1. The van der Waals surface area contributed by atoms with Crippen molar-refractivity contribution in [1.82, 2.24) is 34.9 Å². The number of benzene rings is 2. The van der Waals surface area contributed by atoms with Crippen LogP contribution in [0.5, 0.6) is 0 Å². The number of imidazole rings is 1. The minimum Gasteiger partial charge on any atom is -0.341 e. The van der Waals surface area contributed by atoms with Crippen molar-refractivity contribution in [2.45, 2.75) is 6.92 Å². The summed E-state index contributed by atoms with van der Waals surface area (Å²) >= 11 is 6.03. The summed E-state index contributed by atoms with van der Waals surface area (Å²) in [5.74, 6) is 0.698. The van der Waals surface area contributed by atoms with E-state index in [9.17, 15) is 0 Å². The van der Waals surface area contributed by atoms with E-state index in [0.29, 0.717) is 16.5 Å². The van der Waals surface area contributed by atoms with E-state index in [0.717, 1.165) is 50.2 Å². The topological polar surface area (TPSA) is 105 Å². The third kappa shape index (κ3) is 3.41. The molecule has 9 heteroatoms. The molecule has 0 aliphatic carbocycles. The van der Waals surface area contributed by atoms with E-state index in [2.05, 4.69) is 41.3 Å². The zero-order valence-corrected chi connectivity index (χ0v) is 18.7. The van der Waals surface area contributed by atoms with Crippen LogP contribution in [0.4, 0.5) is 11.5 Å². The number of hydrogen-bond donors (Lipinski definition) is 2. The number of aromatic nitrogens is 7. The summed E-state index contributed by atoms with van der Waals surface area (Å²) in [6, 6.07) is 15.5. The number of halogens is 1. The van der Waals surface area contributed by atoms with Crippen molar-refractivity contribution in [3.63, 3.8) is 0 Å². The molecule has 2 N–H and O–H groups in total. The fraction of sp³-hybridized carbons (Fsp3) is 0.0400. The van der Waals surface area contributed by atoms with Crippen molar-refractivity contribution >= 4 is 45.2 Å². The average Bonchev–Trinajstić information content (AvgIpc) is 3.35. The zero-order chi connectivity index (χ0) is 23.1. The van der Waals surface area contributed by atoms with Crippen LogP contribution in [-0.2, 0) is 0 Å². The molecule has 0 fully saturated rings. The summed E-state index contributed by atoms with van der Waals surface area (Å²) in [6.07, 6.45) is 6.46. The maximum Gasteiger partial charge on any atom is 0.181 e. The first-order valence-electron chi connectivity index (χ1n) is 10.6. The lowest BCUT2D eigenvalue weighted by atomic mass is 9.96. The fourth-order valence-corrected chi connectivity index (χ4v) is 4.19. The number of nitrogens with zero attached hydrogens (tertiary/aromatic N) is 6. The van der Waals surface area contributed by atoms with E-state index >= 15 is 0 Å². The maximum absolute atomic E-state index is 6.03. The minimum atomic E-state index is 0.603. The molecular weight excluding hydrogens is 448 g/mol. The molecule has 0 saturated carbocycles. The van der Waals surface area contributed by atoms with Gasteiger partial charge in [0.1, 0.15) is 29.7 Å². The molecule has 164 valence electrons. The summed E-state index contributed by atoms with van der Waals surface area (Å²) in [6.45, 7) is 2.05. The quantitative estimate of drug-likeness (QED) is 0.343. The molecule has 0 bridgehead atoms. The third-order valence-electron chi connectivity index (χ3n) is 5.64. The van der Waals surface area contributed by atoms with Gasteiger partial charge in [0.05, 0.1) is 17.5 Å². The Bertz CT molecular complexity index is 1660. The van der Waals surface area contributed by atoms with E-state index in [-0.39, 0.29) is 0 Å². The maximum atomic E-state index is 6.03. The highest BCUT2D eigenvalue weighted by atomic mass is 35.5. The Morgan fingerprint density at radius 2 is 1.68 bits per heavy atom. The van der Waals surface area contributed by atoms with Crippen LogP contribution in [0.15, 0.2) is 73.7 Å². The number of hydrogen-bond acceptors (Lipinski definition) is 7. The van der Waals surface area contributed by atoms with E-state index in [4.69, 9.17) is 16.6 Å². The third-order valence-corrected chi connectivity index (χ3v) is 5.90. The Hall–Kier alpha value is -4.43. The second kappa shape index (κ2) is 8.17. The van der Waals surface area contributed by atoms with Crippen molar-refractivity contribution in [2.24, 2.45) is 0 Å². The first-order chi connectivity index (χ1) is 16.7. The normalized spacial score (nSPS) is 11.2. The number of fused-ring (bicyclic) bond motifs is 2. The van der Waals surface area contributed by atoms with Crippen LogP contribution >= 0.6 is 11.6 Å². The van der Waals surface area contributed by atoms with Gasteiger partial charge >= 0.3 is 0 Å². The van der Waals surface area contributed by atoms with Gasteiger partial charge in [0, 0.05) is 33.4 Å². The Kier molecular flexibility index (Phi) is 4.85. The predicted molar refractivity (Wildman–Crippen MR) is 133 cm³/mol. The predicted octanol–water partition coefficient (Wildman–Crippen LogP) is 5.73. The molecule has 0 spiro atoms. The van der Waals surface area contributed by atoms with Gasteiger partial charge in [-0.2, -0.15) is 0 Å². The van der Waals surface area contributed by atoms with Crippen LogP contribution in [0.2, 0.25) is 5.02 Å². The molecule has 0 atom stereocenters. The van der Waals surface area contributed by atoms with Crippen molar-refractivity contribution in [1.29, 1.82) is 0 Å². The van der Waals surface area contributed by atoms with Crippen molar-refractivity contribution in [2.75, 3.05) is 5.32 Å². The van der Waals surface area contributed by atoms with Gasteiger partial charge in [0.2, 0.25) is 0 Å². The molecule has 8 nitrogen and oxygen atoms in total. The number of rotatable bonds is 4. The minimum absolute atomic E-state index is 0.603. The van der Waals surface area contributed by atoms with Crippen LogP contribution in [0, 0.1) is 6.92 Å². The van der Waals surface area contributed by atoms with Crippen molar-refractivity contribution in [3.8, 4) is 22.5 Å². The molecule has 0 aliphatic rings. The van der Waals surface area contributed by atoms with Crippen LogP contribution in [-0.4, -0.2) is 34.9 Å². The lowest BCUT2D eigenvalue weighted by Gasteiger charge is -2.15. The largest absolute Gasteiger partial charge is 0.341 e. The smallest absolute Gasteiger partial charge is 0.181 e. The van der Waals surface area contributed by atoms with Gasteiger partial charge in [-0.3, -0.25) is 4.98 Å². The van der Waals surface area contributed by atoms with Gasteiger partial charge in [0.25, 0.3) is 0 Å². The molecule has 4 aromatic heterocycles. The van der Waals surface area contributed by atoms with E-state index in [1.54, 1.807) is 18.9 Å². The zero-order valence-electron chi connectivity index (χ0n) is 18.0. The average molecular weight is 465 g/mol. The molecule has 4 heterocycles. The monoisotopic (exact) mass is 464 g/mol. The molecule has 34 heavy (non-hydrogen) atoms. The standard InChI is InChI=1S/C25H17ClN8/c1-14-4-9-18-21(28-11-31-24(18)34-16-7-5-15(26)6-8-16)19(14)20-17(3-2-10-27-20)22-23-25(32-12-29-22)33-13-30-23/h2-13H,1H3,(H,28,31,34)(H,29,30,32,33). The summed E-state index contributed by atoms with van der Waals surface area (Å²) < 4.78 is 0. The Morgan fingerprint density at radius 3 is 2.56 bits per heavy atom. The molecule has 0 saturated heterocycles. The van der Waals surface area contributed by atoms with Gasteiger partial charge in [-0.15, -0.1) is 0 Å². The number of H-pyrrole nitrogens is 1. The second-order valence-corrected chi connectivity index (χ2v) is 8.17. The van der Waals surface area contributed by atoms with E-state index in [1.165, 1.54) is 6.33 Å². The SMILES string of the molecule is Cc1ccc2c(Nc3ccc(Cl)cc3)ncnc2c1-c1ncccc1-c1ncnc2nc[nH]c12. The molecule has 6 aromatic rings. The molecule has 0 radical (unpaired) electrons.